The van der Waals surface area contributed by atoms with Gasteiger partial charge in [-0.3, -0.25) is 4.79 Å². The lowest BCUT2D eigenvalue weighted by Crippen LogP contribution is -2.40. The molecule has 4 nitrogen and oxygen atoms in total. The van der Waals surface area contributed by atoms with Gasteiger partial charge in [0.1, 0.15) is 0 Å². The second kappa shape index (κ2) is 8.68. The normalized spacial score (nSPS) is 12.5. The van der Waals surface area contributed by atoms with Gasteiger partial charge in [-0.15, -0.1) is 0 Å². The van der Waals surface area contributed by atoms with E-state index in [1.54, 1.807) is 11.9 Å². The van der Waals surface area contributed by atoms with Gasteiger partial charge in [-0.2, -0.15) is 0 Å². The van der Waals surface area contributed by atoms with E-state index in [0.717, 1.165) is 6.42 Å². The Morgan fingerprint density at radius 3 is 2.67 bits per heavy atom. The van der Waals surface area contributed by atoms with Crippen LogP contribution < -0.4 is 5.32 Å². The summed E-state index contributed by atoms with van der Waals surface area (Å²) in [7, 11) is 1.81. The van der Waals surface area contributed by atoms with Crippen LogP contribution in [0.1, 0.15) is 27.2 Å². The maximum absolute atomic E-state index is 11.6. The summed E-state index contributed by atoms with van der Waals surface area (Å²) < 4.78 is 5.19. The maximum Gasteiger partial charge on any atom is 0.236 e. The molecule has 0 saturated heterocycles. The zero-order valence-corrected chi connectivity index (χ0v) is 10.4. The predicted molar refractivity (Wildman–Crippen MR) is 61.9 cm³/mol. The third kappa shape index (κ3) is 7.33. The lowest BCUT2D eigenvalue weighted by atomic mass is 10.2. The minimum absolute atomic E-state index is 0.120. The molecular weight excluding hydrogens is 192 g/mol. The van der Waals surface area contributed by atoms with Crippen LogP contribution in [0, 0.1) is 0 Å². The second-order valence-corrected chi connectivity index (χ2v) is 3.70. The van der Waals surface area contributed by atoms with E-state index in [9.17, 15) is 4.79 Å². The summed E-state index contributed by atoms with van der Waals surface area (Å²) in [6.45, 7) is 8.52. The van der Waals surface area contributed by atoms with Crippen molar-refractivity contribution in [1.82, 2.24) is 10.2 Å². The number of likely N-dealkylation sites (N-methyl/N-ethyl adjacent to an activating group) is 1. The number of nitrogens with one attached hydrogen (secondary N) is 1. The molecule has 0 radical (unpaired) electrons. The van der Waals surface area contributed by atoms with E-state index in [1.165, 1.54) is 0 Å². The summed E-state index contributed by atoms with van der Waals surface area (Å²) in [5.74, 6) is 0.120. The van der Waals surface area contributed by atoms with Gasteiger partial charge in [-0.1, -0.05) is 6.92 Å². The molecular formula is C11H24N2O2. The van der Waals surface area contributed by atoms with Crippen molar-refractivity contribution >= 4 is 5.91 Å². The van der Waals surface area contributed by atoms with Gasteiger partial charge in [-0.05, 0) is 20.3 Å². The maximum atomic E-state index is 11.6. The monoisotopic (exact) mass is 216 g/mol. The van der Waals surface area contributed by atoms with E-state index in [0.29, 0.717) is 32.3 Å². The number of nitrogens with zero attached hydrogens (tertiary/aromatic N) is 1. The average Bonchev–Trinajstić information content (AvgIpc) is 2.25. The summed E-state index contributed by atoms with van der Waals surface area (Å²) in [5.41, 5.74) is 0. The van der Waals surface area contributed by atoms with Gasteiger partial charge in [0.05, 0.1) is 13.2 Å². The highest BCUT2D eigenvalue weighted by Gasteiger charge is 2.08. The summed E-state index contributed by atoms with van der Waals surface area (Å²) >= 11 is 0. The van der Waals surface area contributed by atoms with Crippen LogP contribution >= 0.6 is 0 Å². The van der Waals surface area contributed by atoms with Crippen LogP contribution in [-0.2, 0) is 9.53 Å². The fourth-order valence-corrected chi connectivity index (χ4v) is 1.01. The molecule has 90 valence electrons. The lowest BCUT2D eigenvalue weighted by Gasteiger charge is -2.18. The number of hydrogen-bond donors (Lipinski definition) is 1. The lowest BCUT2D eigenvalue weighted by molar-refractivity contribution is -0.129. The summed E-state index contributed by atoms with van der Waals surface area (Å²) in [6, 6.07) is 0.397. The SMILES string of the molecule is CCOCCN(C)C(=O)CNC(C)CC. The van der Waals surface area contributed by atoms with Crippen molar-refractivity contribution in [3.63, 3.8) is 0 Å². The third-order valence-electron chi connectivity index (χ3n) is 2.42. The summed E-state index contributed by atoms with van der Waals surface area (Å²) in [5, 5.41) is 3.17. The molecule has 0 aromatic rings. The number of hydrogen-bond acceptors (Lipinski definition) is 3. The van der Waals surface area contributed by atoms with Gasteiger partial charge >= 0.3 is 0 Å². The highest BCUT2D eigenvalue weighted by atomic mass is 16.5. The predicted octanol–water partition coefficient (Wildman–Crippen LogP) is 0.869. The first kappa shape index (κ1) is 14.4. The van der Waals surface area contributed by atoms with Crippen LogP contribution in [0.25, 0.3) is 0 Å². The first-order valence-corrected chi connectivity index (χ1v) is 5.66. The minimum Gasteiger partial charge on any atom is -0.380 e. The van der Waals surface area contributed by atoms with Crippen molar-refractivity contribution in [3.8, 4) is 0 Å². The first-order valence-electron chi connectivity index (χ1n) is 5.66. The molecule has 15 heavy (non-hydrogen) atoms. The number of amides is 1. The Kier molecular flexibility index (Phi) is 8.33. The fourth-order valence-electron chi connectivity index (χ4n) is 1.01. The zero-order chi connectivity index (χ0) is 11.7. The van der Waals surface area contributed by atoms with E-state index < -0.39 is 0 Å². The average molecular weight is 216 g/mol. The molecule has 0 saturated carbocycles. The van der Waals surface area contributed by atoms with Gasteiger partial charge in [0.15, 0.2) is 0 Å². The Morgan fingerprint density at radius 2 is 2.13 bits per heavy atom. The number of rotatable bonds is 8. The van der Waals surface area contributed by atoms with E-state index >= 15 is 0 Å². The largest absolute Gasteiger partial charge is 0.380 e. The van der Waals surface area contributed by atoms with Crippen molar-refractivity contribution in [2.45, 2.75) is 33.2 Å². The third-order valence-corrected chi connectivity index (χ3v) is 2.42. The fraction of sp³-hybridized carbons (Fsp3) is 0.909. The molecule has 1 N–H and O–H groups in total. The molecule has 4 heteroatoms. The Balaban J connectivity index is 3.60. The Labute approximate surface area is 93.0 Å². The van der Waals surface area contributed by atoms with Crippen molar-refractivity contribution in [1.29, 1.82) is 0 Å². The van der Waals surface area contributed by atoms with Crippen LogP contribution in [0.5, 0.6) is 0 Å². The quantitative estimate of drug-likeness (QED) is 0.612. The standard InChI is InChI=1S/C11H24N2O2/c1-5-10(3)12-9-11(14)13(4)7-8-15-6-2/h10,12H,5-9H2,1-4H3. The number of ether oxygens (including phenoxy) is 1. The highest BCUT2D eigenvalue weighted by Crippen LogP contribution is 1.89. The molecule has 0 aromatic carbocycles. The Bertz CT molecular complexity index is 174. The Hall–Kier alpha value is -0.610. The van der Waals surface area contributed by atoms with Gasteiger partial charge in [-0.25, -0.2) is 0 Å². The molecule has 0 rings (SSSR count). The molecule has 1 unspecified atom stereocenters. The number of carbonyl (C=O) groups excluding carboxylic acids is 1. The molecule has 0 aliphatic heterocycles. The molecule has 1 atom stereocenters. The van der Waals surface area contributed by atoms with Gasteiger partial charge in [0.2, 0.25) is 5.91 Å². The van der Waals surface area contributed by atoms with E-state index in [2.05, 4.69) is 19.2 Å². The highest BCUT2D eigenvalue weighted by molar-refractivity contribution is 5.77. The minimum atomic E-state index is 0.120. The van der Waals surface area contributed by atoms with Crippen LogP contribution in [0.2, 0.25) is 0 Å². The van der Waals surface area contributed by atoms with Crippen LogP contribution in [0.3, 0.4) is 0 Å². The second-order valence-electron chi connectivity index (χ2n) is 3.70. The van der Waals surface area contributed by atoms with E-state index in [1.807, 2.05) is 6.92 Å². The van der Waals surface area contributed by atoms with E-state index in [4.69, 9.17) is 4.74 Å². The van der Waals surface area contributed by atoms with Gasteiger partial charge < -0.3 is 15.0 Å². The van der Waals surface area contributed by atoms with Crippen molar-refractivity contribution < 1.29 is 9.53 Å². The van der Waals surface area contributed by atoms with Gasteiger partial charge in [0, 0.05) is 26.2 Å². The number of carbonyl (C=O) groups is 1. The summed E-state index contributed by atoms with van der Waals surface area (Å²) in [6.07, 6.45) is 1.04. The molecule has 0 aliphatic rings. The Morgan fingerprint density at radius 1 is 1.47 bits per heavy atom. The van der Waals surface area contributed by atoms with Crippen LogP contribution in [0.4, 0.5) is 0 Å². The van der Waals surface area contributed by atoms with Crippen molar-refractivity contribution in [2.24, 2.45) is 0 Å². The first-order chi connectivity index (χ1) is 7.11. The van der Waals surface area contributed by atoms with Gasteiger partial charge in [0.25, 0.3) is 0 Å². The molecule has 0 spiro atoms. The molecule has 0 aromatic heterocycles. The molecule has 0 heterocycles. The zero-order valence-electron chi connectivity index (χ0n) is 10.4. The van der Waals surface area contributed by atoms with Crippen LogP contribution in [0.15, 0.2) is 0 Å². The molecule has 0 bridgehead atoms. The molecule has 0 fully saturated rings. The van der Waals surface area contributed by atoms with Crippen molar-refractivity contribution in [2.75, 3.05) is 33.4 Å². The molecule has 0 aliphatic carbocycles. The van der Waals surface area contributed by atoms with Crippen LogP contribution in [-0.4, -0.2) is 50.2 Å². The van der Waals surface area contributed by atoms with E-state index in [-0.39, 0.29) is 5.91 Å². The topological polar surface area (TPSA) is 41.6 Å². The summed E-state index contributed by atoms with van der Waals surface area (Å²) in [4.78, 5) is 13.3. The molecule has 1 amide bonds. The smallest absolute Gasteiger partial charge is 0.236 e. The van der Waals surface area contributed by atoms with Crippen molar-refractivity contribution in [3.05, 3.63) is 0 Å².